The summed E-state index contributed by atoms with van der Waals surface area (Å²) >= 11 is 15.2. The van der Waals surface area contributed by atoms with Crippen LogP contribution in [-0.2, 0) is 25.4 Å². The second-order valence-electron chi connectivity index (χ2n) is 6.31. The number of hydrogen-bond donors (Lipinski definition) is 1. The molecule has 0 radical (unpaired) electrons. The van der Waals surface area contributed by atoms with Gasteiger partial charge in [-0.2, -0.15) is 0 Å². The van der Waals surface area contributed by atoms with E-state index in [2.05, 4.69) is 26.2 Å². The van der Waals surface area contributed by atoms with E-state index >= 15 is 0 Å². The molecule has 1 aromatic carbocycles. The lowest BCUT2D eigenvalue weighted by molar-refractivity contribution is -0.122. The molecule has 0 aliphatic carbocycles. The van der Waals surface area contributed by atoms with E-state index in [1.807, 2.05) is 6.92 Å². The maximum Gasteiger partial charge on any atom is 0.332 e. The van der Waals surface area contributed by atoms with Gasteiger partial charge in [0.2, 0.25) is 5.91 Å². The average Bonchev–Trinajstić information content (AvgIpc) is 2.96. The van der Waals surface area contributed by atoms with Crippen LogP contribution in [-0.4, -0.2) is 24.6 Å². The van der Waals surface area contributed by atoms with Crippen molar-refractivity contribution < 1.29 is 4.79 Å². The highest BCUT2D eigenvalue weighted by Gasteiger charge is 2.20. The molecule has 3 aromatic rings. The number of nitrogens with zero attached hydrogens (tertiary/aromatic N) is 4. The third kappa shape index (κ3) is 3.61. The molecule has 28 heavy (non-hydrogen) atoms. The molecular formula is C17H16BrCl2N5O3. The fourth-order valence-electron chi connectivity index (χ4n) is 2.90. The number of carbonyl (C=O) groups excluding carboxylic acids is 1. The van der Waals surface area contributed by atoms with Gasteiger partial charge in [-0.1, -0.05) is 29.3 Å². The normalized spacial score (nSPS) is 12.4. The van der Waals surface area contributed by atoms with Crippen molar-refractivity contribution in [1.82, 2.24) is 24.0 Å². The fraction of sp³-hybridized carbons (Fsp3) is 0.294. The van der Waals surface area contributed by atoms with Gasteiger partial charge in [-0.05, 0) is 40.5 Å². The Labute approximate surface area is 177 Å². The first kappa shape index (κ1) is 20.6. The van der Waals surface area contributed by atoms with Crippen molar-refractivity contribution in [3.8, 4) is 0 Å². The molecule has 0 spiro atoms. The van der Waals surface area contributed by atoms with Crippen molar-refractivity contribution >= 4 is 56.2 Å². The molecule has 1 unspecified atom stereocenters. The minimum absolute atomic E-state index is 0.0989. The molecule has 0 saturated heterocycles. The zero-order valence-electron chi connectivity index (χ0n) is 15.2. The molecule has 0 fully saturated rings. The highest BCUT2D eigenvalue weighted by atomic mass is 79.9. The molecule has 0 aliphatic heterocycles. The molecule has 11 heteroatoms. The van der Waals surface area contributed by atoms with Crippen molar-refractivity contribution in [2.45, 2.75) is 19.5 Å². The Kier molecular flexibility index (Phi) is 5.69. The van der Waals surface area contributed by atoms with Gasteiger partial charge in [0.25, 0.3) is 5.56 Å². The largest absolute Gasteiger partial charge is 0.348 e. The molecular weight excluding hydrogens is 473 g/mol. The van der Waals surface area contributed by atoms with Crippen LogP contribution in [0.4, 0.5) is 0 Å². The molecule has 148 valence electrons. The third-order valence-electron chi connectivity index (χ3n) is 4.42. The minimum atomic E-state index is -0.526. The van der Waals surface area contributed by atoms with E-state index in [4.69, 9.17) is 23.2 Å². The molecule has 2 aromatic heterocycles. The Bertz CT molecular complexity index is 1210. The summed E-state index contributed by atoms with van der Waals surface area (Å²) in [5.74, 6) is -0.327. The van der Waals surface area contributed by atoms with Crippen molar-refractivity contribution in [3.05, 3.63) is 59.4 Å². The van der Waals surface area contributed by atoms with Gasteiger partial charge in [-0.25, -0.2) is 9.78 Å². The van der Waals surface area contributed by atoms with Gasteiger partial charge in [0.15, 0.2) is 15.9 Å². The van der Waals surface area contributed by atoms with Crippen LogP contribution in [0.2, 0.25) is 10.0 Å². The number of benzene rings is 1. The summed E-state index contributed by atoms with van der Waals surface area (Å²) in [7, 11) is 2.90. The monoisotopic (exact) mass is 487 g/mol. The maximum absolute atomic E-state index is 12.6. The smallest absolute Gasteiger partial charge is 0.332 e. The number of aromatic nitrogens is 4. The first-order chi connectivity index (χ1) is 13.1. The van der Waals surface area contributed by atoms with Gasteiger partial charge in [0, 0.05) is 14.1 Å². The van der Waals surface area contributed by atoms with Crippen LogP contribution in [0.5, 0.6) is 0 Å². The minimum Gasteiger partial charge on any atom is -0.348 e. The fourth-order valence-corrected chi connectivity index (χ4v) is 3.68. The third-order valence-corrected chi connectivity index (χ3v) is 5.76. The number of carbonyl (C=O) groups is 1. The van der Waals surface area contributed by atoms with E-state index < -0.39 is 11.2 Å². The van der Waals surface area contributed by atoms with Gasteiger partial charge in [0.05, 0.1) is 16.1 Å². The first-order valence-corrected chi connectivity index (χ1v) is 9.72. The van der Waals surface area contributed by atoms with E-state index in [1.165, 1.54) is 23.2 Å². The summed E-state index contributed by atoms with van der Waals surface area (Å²) in [6.07, 6.45) is 0. The first-order valence-electron chi connectivity index (χ1n) is 8.18. The SMILES string of the molecule is CC(NC(=O)Cn1c(Br)nc2c(=O)n(C)c(=O)n(C)c21)c1ccc(Cl)c(Cl)c1. The van der Waals surface area contributed by atoms with E-state index in [-0.39, 0.29) is 34.4 Å². The summed E-state index contributed by atoms with van der Waals surface area (Å²) in [5.41, 5.74) is 0.121. The summed E-state index contributed by atoms with van der Waals surface area (Å²) in [4.78, 5) is 41.3. The highest BCUT2D eigenvalue weighted by molar-refractivity contribution is 9.10. The standard InChI is InChI=1S/C17H16BrCl2N5O3/c1-8(9-4-5-10(19)11(20)6-9)21-12(26)7-25-14-13(22-16(25)18)15(27)24(3)17(28)23(14)2/h4-6,8H,7H2,1-3H3,(H,21,26). The lowest BCUT2D eigenvalue weighted by Crippen LogP contribution is -2.38. The summed E-state index contributed by atoms with van der Waals surface area (Å²) in [6, 6.07) is 4.79. The Morgan fingerprint density at radius 3 is 2.54 bits per heavy atom. The molecule has 2 heterocycles. The number of aryl methyl sites for hydroxylation is 1. The van der Waals surface area contributed by atoms with Crippen LogP contribution in [0, 0.1) is 0 Å². The Hall–Kier alpha value is -2.10. The molecule has 0 saturated carbocycles. The number of halogens is 3. The number of rotatable bonds is 4. The molecule has 0 aliphatic rings. The quantitative estimate of drug-likeness (QED) is 0.571. The van der Waals surface area contributed by atoms with E-state index in [9.17, 15) is 14.4 Å². The predicted octanol–water partition coefficient (Wildman–Crippen LogP) is 2.38. The molecule has 1 atom stereocenters. The number of fused-ring (bicyclic) bond motifs is 1. The van der Waals surface area contributed by atoms with Gasteiger partial charge in [0.1, 0.15) is 6.54 Å². The van der Waals surface area contributed by atoms with Crippen molar-refractivity contribution in [2.75, 3.05) is 0 Å². The molecule has 8 nitrogen and oxygen atoms in total. The van der Waals surface area contributed by atoms with Crippen molar-refractivity contribution in [3.63, 3.8) is 0 Å². The molecule has 3 rings (SSSR count). The zero-order valence-corrected chi connectivity index (χ0v) is 18.3. The lowest BCUT2D eigenvalue weighted by atomic mass is 10.1. The molecule has 0 bridgehead atoms. The van der Waals surface area contributed by atoms with Crippen LogP contribution in [0.1, 0.15) is 18.5 Å². The number of nitrogens with one attached hydrogen (secondary N) is 1. The van der Waals surface area contributed by atoms with E-state index in [0.717, 1.165) is 10.1 Å². The topological polar surface area (TPSA) is 90.9 Å². The van der Waals surface area contributed by atoms with Crippen molar-refractivity contribution in [1.29, 1.82) is 0 Å². The summed E-state index contributed by atoms with van der Waals surface area (Å²) < 4.78 is 4.00. The van der Waals surface area contributed by atoms with Crippen LogP contribution in [0.15, 0.2) is 32.5 Å². The summed E-state index contributed by atoms with van der Waals surface area (Å²) in [6.45, 7) is 1.67. The summed E-state index contributed by atoms with van der Waals surface area (Å²) in [5, 5.41) is 3.68. The van der Waals surface area contributed by atoms with Crippen LogP contribution in [0.25, 0.3) is 11.2 Å². The number of amides is 1. The van der Waals surface area contributed by atoms with Gasteiger partial charge < -0.3 is 5.32 Å². The maximum atomic E-state index is 12.6. The van der Waals surface area contributed by atoms with Gasteiger partial charge in [-0.15, -0.1) is 0 Å². The number of imidazole rings is 1. The zero-order chi connectivity index (χ0) is 20.7. The average molecular weight is 489 g/mol. The second kappa shape index (κ2) is 7.73. The van der Waals surface area contributed by atoms with Crippen molar-refractivity contribution in [2.24, 2.45) is 14.1 Å². The lowest BCUT2D eigenvalue weighted by Gasteiger charge is -2.16. The number of hydrogen-bond acceptors (Lipinski definition) is 4. The van der Waals surface area contributed by atoms with Crippen LogP contribution < -0.4 is 16.6 Å². The van der Waals surface area contributed by atoms with E-state index in [0.29, 0.717) is 10.0 Å². The molecule has 1 amide bonds. The predicted molar refractivity (Wildman–Crippen MR) is 111 cm³/mol. The highest BCUT2D eigenvalue weighted by Crippen LogP contribution is 2.25. The van der Waals surface area contributed by atoms with Gasteiger partial charge in [-0.3, -0.25) is 23.3 Å². The van der Waals surface area contributed by atoms with Crippen LogP contribution >= 0.6 is 39.1 Å². The second-order valence-corrected chi connectivity index (χ2v) is 7.83. The molecule has 1 N–H and O–H groups in total. The Morgan fingerprint density at radius 2 is 1.89 bits per heavy atom. The Morgan fingerprint density at radius 1 is 1.21 bits per heavy atom. The van der Waals surface area contributed by atoms with Gasteiger partial charge >= 0.3 is 5.69 Å². The van der Waals surface area contributed by atoms with Crippen LogP contribution in [0.3, 0.4) is 0 Å². The Balaban J connectivity index is 1.91. The van der Waals surface area contributed by atoms with E-state index in [1.54, 1.807) is 18.2 Å².